The first-order valence-corrected chi connectivity index (χ1v) is 4.82. The monoisotopic (exact) mass is 217 g/mol. The molecule has 0 aliphatic carbocycles. The number of carboxylic acid groups (broad SMARTS) is 1. The highest BCUT2D eigenvalue weighted by Crippen LogP contribution is 2.09. The molecule has 0 saturated carbocycles. The number of carboxylic acids is 1. The molecular formula is C11H11N3O2. The van der Waals surface area contributed by atoms with Crippen molar-refractivity contribution in [2.24, 2.45) is 7.05 Å². The second-order valence-electron chi connectivity index (χ2n) is 3.48. The Balaban J connectivity index is 2.25. The second kappa shape index (κ2) is 4.14. The predicted molar refractivity (Wildman–Crippen MR) is 57.2 cm³/mol. The van der Waals surface area contributed by atoms with Crippen LogP contribution in [0.5, 0.6) is 0 Å². The molecule has 1 aromatic carbocycles. The van der Waals surface area contributed by atoms with Crippen LogP contribution in [0.4, 0.5) is 0 Å². The molecule has 0 aliphatic rings. The van der Waals surface area contributed by atoms with Gasteiger partial charge >= 0.3 is 5.97 Å². The highest BCUT2D eigenvalue weighted by atomic mass is 16.4. The number of aryl methyl sites for hydroxylation is 1. The minimum Gasteiger partial charge on any atom is -0.478 e. The van der Waals surface area contributed by atoms with E-state index in [-0.39, 0.29) is 0 Å². The number of hydrogen-bond acceptors (Lipinski definition) is 3. The number of aromatic nitrogens is 3. The van der Waals surface area contributed by atoms with Crippen LogP contribution in [0.15, 0.2) is 30.6 Å². The van der Waals surface area contributed by atoms with Crippen LogP contribution < -0.4 is 0 Å². The maximum atomic E-state index is 10.8. The van der Waals surface area contributed by atoms with E-state index < -0.39 is 5.97 Å². The van der Waals surface area contributed by atoms with E-state index >= 15 is 0 Å². The van der Waals surface area contributed by atoms with E-state index in [9.17, 15) is 4.79 Å². The molecule has 2 rings (SSSR count). The van der Waals surface area contributed by atoms with E-state index in [4.69, 9.17) is 5.11 Å². The fourth-order valence-corrected chi connectivity index (χ4v) is 1.48. The fraction of sp³-hybridized carbons (Fsp3) is 0.182. The molecule has 2 aromatic rings. The lowest BCUT2D eigenvalue weighted by molar-refractivity contribution is 0.0697. The van der Waals surface area contributed by atoms with Crippen LogP contribution in [0.1, 0.15) is 21.7 Å². The van der Waals surface area contributed by atoms with Crippen LogP contribution in [0.2, 0.25) is 0 Å². The normalized spacial score (nSPS) is 10.3. The third kappa shape index (κ3) is 2.08. The molecule has 0 unspecified atom stereocenters. The summed E-state index contributed by atoms with van der Waals surface area (Å²) in [5, 5.41) is 12.8. The fourth-order valence-electron chi connectivity index (χ4n) is 1.48. The van der Waals surface area contributed by atoms with Gasteiger partial charge in [-0.3, -0.25) is 4.68 Å². The highest BCUT2D eigenvalue weighted by Gasteiger charge is 2.06. The van der Waals surface area contributed by atoms with E-state index in [0.717, 1.165) is 11.4 Å². The lowest BCUT2D eigenvalue weighted by Gasteiger charge is -2.02. The maximum Gasteiger partial charge on any atom is 0.335 e. The second-order valence-corrected chi connectivity index (χ2v) is 3.48. The van der Waals surface area contributed by atoms with Gasteiger partial charge in [-0.05, 0) is 17.7 Å². The molecular weight excluding hydrogens is 206 g/mol. The summed E-state index contributed by atoms with van der Waals surface area (Å²) in [6, 6.07) is 6.83. The van der Waals surface area contributed by atoms with E-state index in [1.807, 2.05) is 13.1 Å². The number of nitrogens with zero attached hydrogens (tertiary/aromatic N) is 3. The van der Waals surface area contributed by atoms with Crippen LogP contribution in [-0.4, -0.2) is 25.8 Å². The van der Waals surface area contributed by atoms with Crippen LogP contribution >= 0.6 is 0 Å². The molecule has 0 amide bonds. The van der Waals surface area contributed by atoms with Crippen molar-refractivity contribution >= 4 is 5.97 Å². The Morgan fingerprint density at radius 3 is 2.94 bits per heavy atom. The molecule has 0 spiro atoms. The van der Waals surface area contributed by atoms with E-state index in [0.29, 0.717) is 12.0 Å². The maximum absolute atomic E-state index is 10.8. The van der Waals surface area contributed by atoms with Crippen molar-refractivity contribution in [3.05, 3.63) is 47.5 Å². The zero-order valence-electron chi connectivity index (χ0n) is 8.79. The minimum atomic E-state index is -0.917. The molecule has 5 heteroatoms. The Hall–Kier alpha value is -2.17. The number of carbonyl (C=O) groups is 1. The van der Waals surface area contributed by atoms with Gasteiger partial charge in [0.1, 0.15) is 12.2 Å². The molecule has 0 atom stereocenters. The topological polar surface area (TPSA) is 68.0 Å². The van der Waals surface area contributed by atoms with Gasteiger partial charge < -0.3 is 5.11 Å². The van der Waals surface area contributed by atoms with Crippen molar-refractivity contribution in [1.29, 1.82) is 0 Å². The Morgan fingerprint density at radius 2 is 2.31 bits per heavy atom. The summed E-state index contributed by atoms with van der Waals surface area (Å²) in [4.78, 5) is 14.9. The van der Waals surface area contributed by atoms with E-state index in [1.54, 1.807) is 22.9 Å². The summed E-state index contributed by atoms with van der Waals surface area (Å²) in [7, 11) is 1.81. The van der Waals surface area contributed by atoms with Gasteiger partial charge in [0.05, 0.1) is 5.56 Å². The van der Waals surface area contributed by atoms with Crippen molar-refractivity contribution in [3.63, 3.8) is 0 Å². The first kappa shape index (κ1) is 10.4. The third-order valence-corrected chi connectivity index (χ3v) is 2.34. The summed E-state index contributed by atoms with van der Waals surface area (Å²) in [5.41, 5.74) is 1.20. The Kier molecular flexibility index (Phi) is 2.68. The molecule has 0 fully saturated rings. The van der Waals surface area contributed by atoms with E-state index in [2.05, 4.69) is 10.1 Å². The Labute approximate surface area is 92.4 Å². The lowest BCUT2D eigenvalue weighted by Crippen LogP contribution is -2.02. The SMILES string of the molecule is Cn1ncnc1Cc1cccc(C(=O)O)c1. The smallest absolute Gasteiger partial charge is 0.335 e. The molecule has 16 heavy (non-hydrogen) atoms. The summed E-state index contributed by atoms with van der Waals surface area (Å²) < 4.78 is 1.67. The Bertz CT molecular complexity index is 519. The first-order chi connectivity index (χ1) is 7.66. The van der Waals surface area contributed by atoms with Crippen LogP contribution in [0.3, 0.4) is 0 Å². The molecule has 1 aromatic heterocycles. The molecule has 1 N–H and O–H groups in total. The minimum absolute atomic E-state index is 0.291. The van der Waals surface area contributed by atoms with Crippen LogP contribution in [0.25, 0.3) is 0 Å². The van der Waals surface area contributed by atoms with Gasteiger partial charge in [-0.1, -0.05) is 12.1 Å². The summed E-state index contributed by atoms with van der Waals surface area (Å²) in [6.07, 6.45) is 2.06. The van der Waals surface area contributed by atoms with Gasteiger partial charge in [0, 0.05) is 13.5 Å². The van der Waals surface area contributed by atoms with Gasteiger partial charge in [-0.15, -0.1) is 0 Å². The molecule has 0 aliphatic heterocycles. The van der Waals surface area contributed by atoms with Crippen LogP contribution in [-0.2, 0) is 13.5 Å². The van der Waals surface area contributed by atoms with Gasteiger partial charge in [0.25, 0.3) is 0 Å². The predicted octanol–water partition coefficient (Wildman–Crippen LogP) is 1.10. The number of aromatic carboxylic acids is 1. The number of hydrogen-bond donors (Lipinski definition) is 1. The molecule has 0 saturated heterocycles. The van der Waals surface area contributed by atoms with Crippen molar-refractivity contribution in [2.45, 2.75) is 6.42 Å². The number of benzene rings is 1. The van der Waals surface area contributed by atoms with Crippen LogP contribution in [0, 0.1) is 0 Å². The molecule has 0 radical (unpaired) electrons. The van der Waals surface area contributed by atoms with Crippen molar-refractivity contribution in [2.75, 3.05) is 0 Å². The van der Waals surface area contributed by atoms with Gasteiger partial charge in [-0.25, -0.2) is 9.78 Å². The summed E-state index contributed by atoms with van der Waals surface area (Å²) in [5.74, 6) is -0.109. The van der Waals surface area contributed by atoms with E-state index in [1.165, 1.54) is 6.33 Å². The zero-order valence-corrected chi connectivity index (χ0v) is 8.79. The largest absolute Gasteiger partial charge is 0.478 e. The molecule has 0 bridgehead atoms. The van der Waals surface area contributed by atoms with Crippen molar-refractivity contribution < 1.29 is 9.90 Å². The molecule has 82 valence electrons. The average molecular weight is 217 g/mol. The molecule has 1 heterocycles. The summed E-state index contributed by atoms with van der Waals surface area (Å²) in [6.45, 7) is 0. The Morgan fingerprint density at radius 1 is 1.50 bits per heavy atom. The third-order valence-electron chi connectivity index (χ3n) is 2.34. The standard InChI is InChI=1S/C11H11N3O2/c1-14-10(12-7-13-14)6-8-3-2-4-9(5-8)11(15)16/h2-5,7H,6H2,1H3,(H,15,16). The highest BCUT2D eigenvalue weighted by molar-refractivity contribution is 5.87. The van der Waals surface area contributed by atoms with Gasteiger partial charge in [-0.2, -0.15) is 5.10 Å². The van der Waals surface area contributed by atoms with Gasteiger partial charge in [0.2, 0.25) is 0 Å². The van der Waals surface area contributed by atoms with Crippen molar-refractivity contribution in [3.8, 4) is 0 Å². The average Bonchev–Trinajstić information content (AvgIpc) is 2.65. The number of rotatable bonds is 3. The first-order valence-electron chi connectivity index (χ1n) is 4.82. The quantitative estimate of drug-likeness (QED) is 0.836. The van der Waals surface area contributed by atoms with Crippen molar-refractivity contribution in [1.82, 2.24) is 14.8 Å². The zero-order chi connectivity index (χ0) is 11.5. The van der Waals surface area contributed by atoms with Gasteiger partial charge in [0.15, 0.2) is 0 Å². The lowest BCUT2D eigenvalue weighted by atomic mass is 10.1. The summed E-state index contributed by atoms with van der Waals surface area (Å²) >= 11 is 0. The molecule has 5 nitrogen and oxygen atoms in total.